The maximum atomic E-state index is 3.24. The Balaban J connectivity index is 2.30. The van der Waals surface area contributed by atoms with E-state index in [0.717, 1.165) is 12.5 Å². The summed E-state index contributed by atoms with van der Waals surface area (Å²) in [5, 5.41) is 3.24. The van der Waals surface area contributed by atoms with Crippen molar-refractivity contribution in [3.63, 3.8) is 0 Å². The zero-order valence-electron chi connectivity index (χ0n) is 10.0. The highest BCUT2D eigenvalue weighted by Gasteiger charge is 2.24. The van der Waals surface area contributed by atoms with E-state index in [9.17, 15) is 0 Å². The summed E-state index contributed by atoms with van der Waals surface area (Å²) in [6.45, 7) is 5.53. The molecule has 1 heteroatoms. The molecular formula is C14H21N. The van der Waals surface area contributed by atoms with Gasteiger partial charge in [0.15, 0.2) is 0 Å². The van der Waals surface area contributed by atoms with Crippen LogP contribution in [-0.2, 0) is 6.54 Å². The fourth-order valence-electron chi connectivity index (χ4n) is 2.04. The van der Waals surface area contributed by atoms with Crippen LogP contribution in [0.3, 0.4) is 0 Å². The second kappa shape index (κ2) is 4.36. The van der Waals surface area contributed by atoms with E-state index in [-0.39, 0.29) is 0 Å². The van der Waals surface area contributed by atoms with Crippen molar-refractivity contribution in [1.82, 2.24) is 5.32 Å². The van der Waals surface area contributed by atoms with Crippen molar-refractivity contribution in [2.24, 2.45) is 0 Å². The molecule has 0 aliphatic heterocycles. The lowest BCUT2D eigenvalue weighted by Crippen LogP contribution is -2.06. The molecule has 1 aromatic carbocycles. The maximum absolute atomic E-state index is 3.24. The molecule has 1 aliphatic rings. The molecule has 0 aromatic heterocycles. The van der Waals surface area contributed by atoms with Crippen molar-refractivity contribution in [1.29, 1.82) is 0 Å². The molecule has 1 aromatic rings. The Morgan fingerprint density at radius 3 is 2.53 bits per heavy atom. The molecule has 82 valence electrons. The fourth-order valence-corrected chi connectivity index (χ4v) is 2.04. The lowest BCUT2D eigenvalue weighted by atomic mass is 9.96. The molecule has 0 spiro atoms. The van der Waals surface area contributed by atoms with Crippen molar-refractivity contribution >= 4 is 0 Å². The van der Waals surface area contributed by atoms with Gasteiger partial charge in [-0.05, 0) is 48.4 Å². The van der Waals surface area contributed by atoms with Gasteiger partial charge in [0.25, 0.3) is 0 Å². The molecular weight excluding hydrogens is 182 g/mol. The van der Waals surface area contributed by atoms with Gasteiger partial charge in [-0.2, -0.15) is 0 Å². The molecule has 2 rings (SSSR count). The second-order valence-corrected chi connectivity index (χ2v) is 4.97. The van der Waals surface area contributed by atoms with Crippen molar-refractivity contribution < 1.29 is 0 Å². The Morgan fingerprint density at radius 2 is 2.00 bits per heavy atom. The molecule has 1 N–H and O–H groups in total. The Bertz CT molecular complexity index is 317. The van der Waals surface area contributed by atoms with Crippen LogP contribution in [0.5, 0.6) is 0 Å². The molecule has 0 amide bonds. The highest BCUT2D eigenvalue weighted by molar-refractivity contribution is 5.35. The normalized spacial score (nSPS) is 16.0. The van der Waals surface area contributed by atoms with E-state index in [1.807, 2.05) is 7.05 Å². The Hall–Kier alpha value is -0.820. The summed E-state index contributed by atoms with van der Waals surface area (Å²) in [4.78, 5) is 0. The van der Waals surface area contributed by atoms with Gasteiger partial charge < -0.3 is 5.32 Å². The van der Waals surface area contributed by atoms with E-state index in [1.54, 1.807) is 5.56 Å². The van der Waals surface area contributed by atoms with Crippen molar-refractivity contribution in [3.05, 3.63) is 34.9 Å². The molecule has 1 saturated carbocycles. The fraction of sp³-hybridized carbons (Fsp3) is 0.571. The van der Waals surface area contributed by atoms with Gasteiger partial charge in [-0.15, -0.1) is 0 Å². The van der Waals surface area contributed by atoms with Crippen molar-refractivity contribution in [3.8, 4) is 0 Å². The van der Waals surface area contributed by atoms with E-state index in [2.05, 4.69) is 37.4 Å². The smallest absolute Gasteiger partial charge is 0.0202 e. The number of nitrogens with one attached hydrogen (secondary N) is 1. The van der Waals surface area contributed by atoms with E-state index in [0.29, 0.717) is 5.92 Å². The zero-order valence-corrected chi connectivity index (χ0v) is 10.0. The minimum absolute atomic E-state index is 0.638. The summed E-state index contributed by atoms with van der Waals surface area (Å²) in [6, 6.07) is 7.12. The van der Waals surface area contributed by atoms with Gasteiger partial charge in [-0.25, -0.2) is 0 Å². The third-order valence-corrected chi connectivity index (χ3v) is 3.13. The van der Waals surface area contributed by atoms with Crippen LogP contribution >= 0.6 is 0 Å². The average Bonchev–Trinajstić information content (AvgIpc) is 3.01. The minimum Gasteiger partial charge on any atom is -0.316 e. The molecule has 0 radical (unpaired) electrons. The quantitative estimate of drug-likeness (QED) is 0.790. The van der Waals surface area contributed by atoms with Crippen LogP contribution in [0.25, 0.3) is 0 Å². The Kier molecular flexibility index (Phi) is 3.11. The molecule has 0 heterocycles. The third-order valence-electron chi connectivity index (χ3n) is 3.13. The largest absolute Gasteiger partial charge is 0.316 e. The Morgan fingerprint density at radius 1 is 1.27 bits per heavy atom. The summed E-state index contributed by atoms with van der Waals surface area (Å²) < 4.78 is 0. The van der Waals surface area contributed by atoms with Crippen LogP contribution in [0.4, 0.5) is 0 Å². The molecule has 0 unspecified atom stereocenters. The summed E-state index contributed by atoms with van der Waals surface area (Å²) in [6.07, 6.45) is 2.78. The van der Waals surface area contributed by atoms with Gasteiger partial charge in [-0.1, -0.05) is 32.0 Å². The standard InChI is InChI=1S/C14H21N/c1-10(2)13-6-11(9-15-3)7-14(8-13)12-4-5-12/h6-8,10,12,15H,4-5,9H2,1-3H3. The van der Waals surface area contributed by atoms with Crippen LogP contribution in [-0.4, -0.2) is 7.05 Å². The first-order chi connectivity index (χ1) is 7.20. The molecule has 1 nitrogen and oxygen atoms in total. The summed E-state index contributed by atoms with van der Waals surface area (Å²) in [5.74, 6) is 1.50. The number of hydrogen-bond donors (Lipinski definition) is 1. The van der Waals surface area contributed by atoms with Crippen molar-refractivity contribution in [2.75, 3.05) is 7.05 Å². The molecule has 1 aliphatic carbocycles. The topological polar surface area (TPSA) is 12.0 Å². The molecule has 0 atom stereocenters. The van der Waals surface area contributed by atoms with Gasteiger partial charge >= 0.3 is 0 Å². The first-order valence-corrected chi connectivity index (χ1v) is 5.99. The lowest BCUT2D eigenvalue weighted by molar-refractivity contribution is 0.802. The predicted molar refractivity (Wildman–Crippen MR) is 65.3 cm³/mol. The number of rotatable bonds is 4. The van der Waals surface area contributed by atoms with Crippen LogP contribution in [0.15, 0.2) is 18.2 Å². The molecule has 15 heavy (non-hydrogen) atoms. The van der Waals surface area contributed by atoms with E-state index in [1.165, 1.54) is 24.0 Å². The van der Waals surface area contributed by atoms with Gasteiger partial charge in [0.1, 0.15) is 0 Å². The van der Waals surface area contributed by atoms with E-state index in [4.69, 9.17) is 0 Å². The van der Waals surface area contributed by atoms with Crippen molar-refractivity contribution in [2.45, 2.75) is 45.1 Å². The lowest BCUT2D eigenvalue weighted by Gasteiger charge is -2.11. The minimum atomic E-state index is 0.638. The maximum Gasteiger partial charge on any atom is 0.0202 e. The van der Waals surface area contributed by atoms with Crippen LogP contribution in [0, 0.1) is 0 Å². The summed E-state index contributed by atoms with van der Waals surface area (Å²) >= 11 is 0. The monoisotopic (exact) mass is 203 g/mol. The van der Waals surface area contributed by atoms with Crippen LogP contribution in [0.2, 0.25) is 0 Å². The second-order valence-electron chi connectivity index (χ2n) is 4.97. The first kappa shape index (κ1) is 10.7. The molecule has 0 saturated heterocycles. The van der Waals surface area contributed by atoms with Gasteiger partial charge in [-0.3, -0.25) is 0 Å². The zero-order chi connectivity index (χ0) is 10.8. The van der Waals surface area contributed by atoms with Gasteiger partial charge in [0.05, 0.1) is 0 Å². The van der Waals surface area contributed by atoms with Crippen LogP contribution < -0.4 is 5.32 Å². The van der Waals surface area contributed by atoms with Gasteiger partial charge in [0, 0.05) is 6.54 Å². The van der Waals surface area contributed by atoms with E-state index < -0.39 is 0 Å². The average molecular weight is 203 g/mol. The first-order valence-electron chi connectivity index (χ1n) is 5.99. The van der Waals surface area contributed by atoms with E-state index >= 15 is 0 Å². The summed E-state index contributed by atoms with van der Waals surface area (Å²) in [7, 11) is 2.01. The molecule has 1 fully saturated rings. The highest BCUT2D eigenvalue weighted by Crippen LogP contribution is 2.41. The van der Waals surface area contributed by atoms with Crippen LogP contribution in [0.1, 0.15) is 55.2 Å². The summed E-state index contributed by atoms with van der Waals surface area (Å²) in [5.41, 5.74) is 4.49. The van der Waals surface area contributed by atoms with Gasteiger partial charge in [0.2, 0.25) is 0 Å². The third kappa shape index (κ3) is 2.60. The Labute approximate surface area is 92.9 Å². The highest BCUT2D eigenvalue weighted by atomic mass is 14.8. The number of benzene rings is 1. The molecule has 0 bridgehead atoms. The predicted octanol–water partition coefficient (Wildman–Crippen LogP) is 3.41. The number of hydrogen-bond acceptors (Lipinski definition) is 1. The SMILES string of the molecule is CNCc1cc(C(C)C)cc(C2CC2)c1.